The number of methoxy groups -OCH3 is 1. The fraction of sp³-hybridized carbons (Fsp3) is 0.444. The molecule has 0 atom stereocenters. The minimum absolute atomic E-state index is 0.258. The number of hydrogen-bond acceptors (Lipinski definition) is 6. The number of allylic oxidation sites excluding steroid dienone is 4. The minimum atomic E-state index is -0.580. The first-order chi connectivity index (χ1) is 11.3. The molecule has 0 saturated heterocycles. The van der Waals surface area contributed by atoms with Gasteiger partial charge < -0.3 is 14.2 Å². The Labute approximate surface area is 145 Å². The third kappa shape index (κ3) is 4.96. The Morgan fingerprint density at radius 2 is 2.00 bits per heavy atom. The quantitative estimate of drug-likeness (QED) is 0.752. The molecule has 1 aliphatic rings. The zero-order valence-electron chi connectivity index (χ0n) is 14.4. The van der Waals surface area contributed by atoms with E-state index in [1.54, 1.807) is 26.8 Å². The number of carbonyl (C=O) groups excluding carboxylic acids is 2. The second-order valence-electron chi connectivity index (χ2n) is 6.31. The number of carbonyl (C=O) groups is 2. The number of thiophene rings is 1. The van der Waals surface area contributed by atoms with E-state index in [1.807, 2.05) is 6.08 Å². The fourth-order valence-electron chi connectivity index (χ4n) is 2.16. The molecule has 1 aromatic rings. The summed E-state index contributed by atoms with van der Waals surface area (Å²) in [6.07, 6.45) is 8.21. The van der Waals surface area contributed by atoms with Gasteiger partial charge in [-0.05, 0) is 45.3 Å². The lowest BCUT2D eigenvalue weighted by Crippen LogP contribution is -2.27. The van der Waals surface area contributed by atoms with Gasteiger partial charge in [-0.3, -0.25) is 0 Å². The SMILES string of the molecule is COC(=O)c1sc(C2=CCCC=C2)cc1OCC(=O)OC(C)(C)C. The van der Waals surface area contributed by atoms with E-state index in [4.69, 9.17) is 14.2 Å². The van der Waals surface area contributed by atoms with Gasteiger partial charge in [-0.1, -0.05) is 18.2 Å². The first-order valence-corrected chi connectivity index (χ1v) is 8.55. The summed E-state index contributed by atoms with van der Waals surface area (Å²) in [5, 5.41) is 0. The van der Waals surface area contributed by atoms with Gasteiger partial charge in [-0.15, -0.1) is 11.3 Å². The van der Waals surface area contributed by atoms with Crippen molar-refractivity contribution in [3.8, 4) is 5.75 Å². The van der Waals surface area contributed by atoms with Gasteiger partial charge in [0.25, 0.3) is 0 Å². The van der Waals surface area contributed by atoms with E-state index in [2.05, 4.69) is 12.2 Å². The molecule has 6 heteroatoms. The molecule has 5 nitrogen and oxygen atoms in total. The highest BCUT2D eigenvalue weighted by molar-refractivity contribution is 7.15. The van der Waals surface area contributed by atoms with Crippen LogP contribution in [0.3, 0.4) is 0 Å². The van der Waals surface area contributed by atoms with Gasteiger partial charge in [0.1, 0.15) is 11.4 Å². The lowest BCUT2D eigenvalue weighted by atomic mass is 10.1. The van der Waals surface area contributed by atoms with E-state index in [0.29, 0.717) is 10.6 Å². The Morgan fingerprint density at radius 3 is 2.58 bits per heavy atom. The largest absolute Gasteiger partial charge is 0.480 e. The molecule has 0 fully saturated rings. The predicted octanol–water partition coefficient (Wildman–Crippen LogP) is 3.99. The van der Waals surface area contributed by atoms with Crippen LogP contribution in [0.25, 0.3) is 5.57 Å². The van der Waals surface area contributed by atoms with Gasteiger partial charge >= 0.3 is 11.9 Å². The zero-order valence-corrected chi connectivity index (χ0v) is 15.2. The van der Waals surface area contributed by atoms with Crippen molar-refractivity contribution in [1.82, 2.24) is 0 Å². The van der Waals surface area contributed by atoms with Gasteiger partial charge in [-0.2, -0.15) is 0 Å². The number of ether oxygens (including phenoxy) is 3. The van der Waals surface area contributed by atoms with Crippen LogP contribution in [-0.4, -0.2) is 31.3 Å². The highest BCUT2D eigenvalue weighted by Gasteiger charge is 2.22. The van der Waals surface area contributed by atoms with Gasteiger partial charge in [0.2, 0.25) is 0 Å². The zero-order chi connectivity index (χ0) is 17.7. The van der Waals surface area contributed by atoms with Crippen molar-refractivity contribution >= 4 is 28.8 Å². The average Bonchev–Trinajstić information content (AvgIpc) is 2.95. The number of esters is 2. The molecule has 0 saturated carbocycles. The molecule has 0 unspecified atom stereocenters. The molecular formula is C18H22O5S. The standard InChI is InChI=1S/C18H22O5S/c1-18(2,3)23-15(19)11-22-13-10-14(12-8-6-5-7-9-12)24-16(13)17(20)21-4/h6,8-10H,5,7,11H2,1-4H3. The van der Waals surface area contributed by atoms with Gasteiger partial charge in [0.15, 0.2) is 11.5 Å². The van der Waals surface area contributed by atoms with Crippen LogP contribution in [0.4, 0.5) is 0 Å². The molecule has 0 bridgehead atoms. The molecule has 0 aliphatic heterocycles. The van der Waals surface area contributed by atoms with E-state index in [-0.39, 0.29) is 6.61 Å². The lowest BCUT2D eigenvalue weighted by Gasteiger charge is -2.19. The van der Waals surface area contributed by atoms with Gasteiger partial charge in [0, 0.05) is 4.88 Å². The van der Waals surface area contributed by atoms with Crippen molar-refractivity contribution in [2.45, 2.75) is 39.2 Å². The third-order valence-corrected chi connectivity index (χ3v) is 4.26. The molecule has 0 spiro atoms. The normalized spacial score (nSPS) is 14.1. The smallest absolute Gasteiger partial charge is 0.351 e. The molecule has 130 valence electrons. The summed E-state index contributed by atoms with van der Waals surface area (Å²) < 4.78 is 15.5. The topological polar surface area (TPSA) is 61.8 Å². The highest BCUT2D eigenvalue weighted by atomic mass is 32.1. The van der Waals surface area contributed by atoms with Crippen molar-refractivity contribution < 1.29 is 23.8 Å². The maximum atomic E-state index is 12.0. The summed E-state index contributed by atoms with van der Waals surface area (Å²) in [4.78, 5) is 25.0. The molecule has 24 heavy (non-hydrogen) atoms. The molecular weight excluding hydrogens is 328 g/mol. The molecule has 0 aromatic carbocycles. The Morgan fingerprint density at radius 1 is 1.25 bits per heavy atom. The number of hydrogen-bond donors (Lipinski definition) is 0. The molecule has 0 radical (unpaired) electrons. The van der Waals surface area contributed by atoms with Crippen LogP contribution >= 0.6 is 11.3 Å². The second-order valence-corrected chi connectivity index (χ2v) is 7.36. The van der Waals surface area contributed by atoms with Crippen LogP contribution in [0.1, 0.15) is 48.2 Å². The fourth-order valence-corrected chi connectivity index (χ4v) is 3.20. The summed E-state index contributed by atoms with van der Waals surface area (Å²) in [5.74, 6) is -0.624. The van der Waals surface area contributed by atoms with Gasteiger partial charge in [0.05, 0.1) is 7.11 Å². The van der Waals surface area contributed by atoms with Crippen LogP contribution in [0.15, 0.2) is 24.3 Å². The highest BCUT2D eigenvalue weighted by Crippen LogP contribution is 2.36. The van der Waals surface area contributed by atoms with Crippen LogP contribution < -0.4 is 4.74 Å². The van der Waals surface area contributed by atoms with E-state index >= 15 is 0 Å². The Hall–Kier alpha value is -2.08. The molecule has 0 N–H and O–H groups in total. The third-order valence-electron chi connectivity index (χ3n) is 3.11. The van der Waals surface area contributed by atoms with Crippen LogP contribution in [0, 0.1) is 0 Å². The molecule has 0 amide bonds. The van der Waals surface area contributed by atoms with Crippen molar-refractivity contribution in [1.29, 1.82) is 0 Å². The monoisotopic (exact) mass is 350 g/mol. The first-order valence-electron chi connectivity index (χ1n) is 7.74. The minimum Gasteiger partial charge on any atom is -0.480 e. The van der Waals surface area contributed by atoms with Crippen LogP contribution in [0.2, 0.25) is 0 Å². The van der Waals surface area contributed by atoms with Crippen molar-refractivity contribution in [2.24, 2.45) is 0 Å². The number of rotatable bonds is 5. The van der Waals surface area contributed by atoms with Crippen molar-refractivity contribution in [2.75, 3.05) is 13.7 Å². The molecule has 1 aromatic heterocycles. The van der Waals surface area contributed by atoms with E-state index in [1.165, 1.54) is 18.4 Å². The lowest BCUT2D eigenvalue weighted by molar-refractivity contribution is -0.157. The summed E-state index contributed by atoms with van der Waals surface area (Å²) in [7, 11) is 1.32. The van der Waals surface area contributed by atoms with Crippen LogP contribution in [0.5, 0.6) is 5.75 Å². The van der Waals surface area contributed by atoms with Crippen molar-refractivity contribution in [3.05, 3.63) is 34.0 Å². The Bertz CT molecular complexity index is 676. The summed E-state index contributed by atoms with van der Waals surface area (Å²) in [5.41, 5.74) is 0.465. The Balaban J connectivity index is 2.16. The Kier molecular flexibility index (Phi) is 5.83. The maximum absolute atomic E-state index is 12.0. The molecule has 2 rings (SSSR count). The van der Waals surface area contributed by atoms with Gasteiger partial charge in [-0.25, -0.2) is 9.59 Å². The maximum Gasteiger partial charge on any atom is 0.351 e. The van der Waals surface area contributed by atoms with E-state index in [0.717, 1.165) is 23.3 Å². The second kappa shape index (κ2) is 7.66. The van der Waals surface area contributed by atoms with Crippen LogP contribution in [-0.2, 0) is 14.3 Å². The summed E-state index contributed by atoms with van der Waals surface area (Å²) >= 11 is 1.29. The predicted molar refractivity (Wildman–Crippen MR) is 93.3 cm³/mol. The van der Waals surface area contributed by atoms with E-state index in [9.17, 15) is 9.59 Å². The average molecular weight is 350 g/mol. The molecule has 1 aliphatic carbocycles. The van der Waals surface area contributed by atoms with E-state index < -0.39 is 17.5 Å². The molecule has 1 heterocycles. The summed E-state index contributed by atoms with van der Waals surface area (Å²) in [6, 6.07) is 1.77. The summed E-state index contributed by atoms with van der Waals surface area (Å²) in [6.45, 7) is 5.10. The first kappa shape index (κ1) is 18.3. The van der Waals surface area contributed by atoms with Crippen molar-refractivity contribution in [3.63, 3.8) is 0 Å².